The van der Waals surface area contributed by atoms with Crippen LogP contribution in [0.25, 0.3) is 0 Å². The van der Waals surface area contributed by atoms with E-state index in [9.17, 15) is 4.79 Å². The number of aromatic nitrogens is 3. The minimum Gasteiger partial charge on any atom is -0.484 e. The molecule has 0 atom stereocenters. The summed E-state index contributed by atoms with van der Waals surface area (Å²) in [6.45, 7) is 6.02. The number of thioether (sulfide) groups is 1. The van der Waals surface area contributed by atoms with Crippen molar-refractivity contribution in [2.24, 2.45) is 0 Å². The number of hydrogen-bond acceptors (Lipinski definition) is 6. The maximum absolute atomic E-state index is 12.2. The lowest BCUT2D eigenvalue weighted by molar-refractivity contribution is 0.102. The molecule has 6 nitrogen and oxygen atoms in total. The number of nitrogens with zero attached hydrogens (tertiary/aromatic N) is 2. The van der Waals surface area contributed by atoms with Crippen LogP contribution in [0.3, 0.4) is 0 Å². The zero-order valence-corrected chi connectivity index (χ0v) is 15.1. The molecular weight excluding hydrogens is 338 g/mol. The molecule has 2 heterocycles. The van der Waals surface area contributed by atoms with Crippen LogP contribution in [-0.4, -0.2) is 26.7 Å². The fourth-order valence-electron chi connectivity index (χ4n) is 2.35. The smallest absolute Gasteiger partial charge is 0.277 e. The van der Waals surface area contributed by atoms with Crippen LogP contribution in [-0.2, 0) is 6.61 Å². The summed E-state index contributed by atoms with van der Waals surface area (Å²) in [5, 5.41) is 8.25. The Kier molecular flexibility index (Phi) is 5.23. The molecule has 130 valence electrons. The van der Waals surface area contributed by atoms with Gasteiger partial charge >= 0.3 is 0 Å². The highest BCUT2D eigenvalue weighted by Crippen LogP contribution is 2.20. The number of carbonyl (C=O) groups excluding carboxylic acids is 1. The number of carbonyl (C=O) groups is 1. The summed E-state index contributed by atoms with van der Waals surface area (Å²) in [6, 6.07) is 9.58. The lowest BCUT2D eigenvalue weighted by atomic mass is 10.2. The van der Waals surface area contributed by atoms with Gasteiger partial charge in [0.25, 0.3) is 11.1 Å². The number of aryl methyl sites for hydroxylation is 3. The standard InChI is InChI=1S/C18H19N3O3S/c1-11-4-6-14(7-5-11)23-9-17-20-21-18(24-17)25-10-16(22)15-8-12(2)19-13(15)3/h4-8,19H,9-10H2,1-3H3. The fourth-order valence-corrected chi connectivity index (χ4v) is 3.02. The van der Waals surface area contributed by atoms with Crippen LogP contribution in [0.1, 0.15) is 33.2 Å². The second kappa shape index (κ2) is 7.57. The van der Waals surface area contributed by atoms with Gasteiger partial charge in [0.15, 0.2) is 12.4 Å². The monoisotopic (exact) mass is 357 g/mol. The molecule has 0 fully saturated rings. The predicted octanol–water partition coefficient (Wildman–Crippen LogP) is 3.88. The molecule has 1 aromatic carbocycles. The van der Waals surface area contributed by atoms with Crippen molar-refractivity contribution in [2.75, 3.05) is 5.75 Å². The van der Waals surface area contributed by atoms with Crippen molar-refractivity contribution in [1.82, 2.24) is 15.2 Å². The van der Waals surface area contributed by atoms with Crippen LogP contribution in [0.5, 0.6) is 5.75 Å². The number of Topliss-reactive ketones (excluding diaryl/α,β-unsaturated/α-hetero) is 1. The number of benzene rings is 1. The van der Waals surface area contributed by atoms with Gasteiger partial charge in [0, 0.05) is 17.0 Å². The van der Waals surface area contributed by atoms with Gasteiger partial charge in [-0.1, -0.05) is 29.5 Å². The molecule has 25 heavy (non-hydrogen) atoms. The Hall–Kier alpha value is -2.54. The van der Waals surface area contributed by atoms with Gasteiger partial charge in [-0.25, -0.2) is 0 Å². The first-order valence-corrected chi connectivity index (χ1v) is 8.84. The SMILES string of the molecule is Cc1ccc(OCc2nnc(SCC(=O)c3cc(C)[nH]c3C)o2)cc1. The normalized spacial score (nSPS) is 10.8. The van der Waals surface area contributed by atoms with Gasteiger partial charge in [-0.15, -0.1) is 10.2 Å². The Balaban J connectivity index is 1.52. The van der Waals surface area contributed by atoms with E-state index < -0.39 is 0 Å². The van der Waals surface area contributed by atoms with Crippen LogP contribution in [0.4, 0.5) is 0 Å². The average molecular weight is 357 g/mol. The minimum atomic E-state index is 0.0301. The van der Waals surface area contributed by atoms with E-state index in [1.54, 1.807) is 0 Å². The van der Waals surface area contributed by atoms with Gasteiger partial charge in [-0.2, -0.15) is 0 Å². The number of ketones is 1. The van der Waals surface area contributed by atoms with E-state index >= 15 is 0 Å². The molecule has 3 rings (SSSR count). The van der Waals surface area contributed by atoms with Crippen molar-refractivity contribution in [1.29, 1.82) is 0 Å². The van der Waals surface area contributed by atoms with Gasteiger partial charge in [-0.3, -0.25) is 4.79 Å². The van der Waals surface area contributed by atoms with Crippen molar-refractivity contribution >= 4 is 17.5 Å². The lowest BCUT2D eigenvalue weighted by Crippen LogP contribution is -2.02. The molecule has 7 heteroatoms. The molecule has 0 bridgehead atoms. The summed E-state index contributed by atoms with van der Waals surface area (Å²) in [4.78, 5) is 15.4. The highest BCUT2D eigenvalue weighted by atomic mass is 32.2. The summed E-state index contributed by atoms with van der Waals surface area (Å²) < 4.78 is 11.1. The van der Waals surface area contributed by atoms with Crippen molar-refractivity contribution in [3.8, 4) is 5.75 Å². The van der Waals surface area contributed by atoms with Gasteiger partial charge in [-0.05, 0) is 39.0 Å². The molecule has 0 saturated carbocycles. The quantitative estimate of drug-likeness (QED) is 0.510. The third kappa shape index (κ3) is 4.51. The Morgan fingerprint density at radius 3 is 2.64 bits per heavy atom. The molecule has 3 aromatic rings. The molecule has 0 aliphatic heterocycles. The molecule has 0 aliphatic rings. The van der Waals surface area contributed by atoms with Crippen LogP contribution in [0.15, 0.2) is 40.0 Å². The second-order valence-electron chi connectivity index (χ2n) is 5.77. The maximum Gasteiger partial charge on any atom is 0.277 e. The van der Waals surface area contributed by atoms with Crippen LogP contribution >= 0.6 is 11.8 Å². The van der Waals surface area contributed by atoms with E-state index in [0.717, 1.165) is 17.1 Å². The highest BCUT2D eigenvalue weighted by molar-refractivity contribution is 7.99. The van der Waals surface area contributed by atoms with E-state index in [4.69, 9.17) is 9.15 Å². The fraction of sp³-hybridized carbons (Fsp3) is 0.278. The zero-order chi connectivity index (χ0) is 17.8. The Bertz CT molecular complexity index is 868. The summed E-state index contributed by atoms with van der Waals surface area (Å²) in [5.74, 6) is 1.40. The topological polar surface area (TPSA) is 81.0 Å². The summed E-state index contributed by atoms with van der Waals surface area (Å²) in [5.41, 5.74) is 3.72. The number of H-pyrrole nitrogens is 1. The Morgan fingerprint density at radius 1 is 1.20 bits per heavy atom. The molecule has 0 spiro atoms. The molecule has 0 amide bonds. The molecular formula is C18H19N3O3S. The third-order valence-electron chi connectivity index (χ3n) is 3.61. The van der Waals surface area contributed by atoms with Crippen LogP contribution in [0, 0.1) is 20.8 Å². The summed E-state index contributed by atoms with van der Waals surface area (Å²) >= 11 is 1.23. The molecule has 0 unspecified atom stereocenters. The van der Waals surface area contributed by atoms with Crippen molar-refractivity contribution in [3.63, 3.8) is 0 Å². The van der Waals surface area contributed by atoms with E-state index in [0.29, 0.717) is 16.7 Å². The predicted molar refractivity (Wildman–Crippen MR) is 95.1 cm³/mol. The summed E-state index contributed by atoms with van der Waals surface area (Å²) in [7, 11) is 0. The van der Waals surface area contributed by atoms with E-state index in [2.05, 4.69) is 15.2 Å². The zero-order valence-electron chi connectivity index (χ0n) is 14.3. The minimum absolute atomic E-state index is 0.0301. The third-order valence-corrected chi connectivity index (χ3v) is 4.43. The molecule has 1 N–H and O–H groups in total. The largest absolute Gasteiger partial charge is 0.484 e. The lowest BCUT2D eigenvalue weighted by Gasteiger charge is -2.02. The average Bonchev–Trinajstić information content (AvgIpc) is 3.18. The van der Waals surface area contributed by atoms with Gasteiger partial charge < -0.3 is 14.1 Å². The van der Waals surface area contributed by atoms with Crippen molar-refractivity contribution < 1.29 is 13.9 Å². The van der Waals surface area contributed by atoms with Crippen molar-refractivity contribution in [2.45, 2.75) is 32.6 Å². The number of aromatic amines is 1. The van der Waals surface area contributed by atoms with Gasteiger partial charge in [0.2, 0.25) is 0 Å². The first-order valence-electron chi connectivity index (χ1n) is 7.85. The van der Waals surface area contributed by atoms with Crippen molar-refractivity contribution in [3.05, 3.63) is 58.7 Å². The molecule has 0 aliphatic carbocycles. The number of ether oxygens (including phenoxy) is 1. The molecule has 0 saturated heterocycles. The number of hydrogen-bond donors (Lipinski definition) is 1. The maximum atomic E-state index is 12.2. The Morgan fingerprint density at radius 2 is 1.96 bits per heavy atom. The second-order valence-corrected chi connectivity index (χ2v) is 6.69. The van der Waals surface area contributed by atoms with E-state index in [-0.39, 0.29) is 18.1 Å². The number of rotatable bonds is 7. The van der Waals surface area contributed by atoms with E-state index in [1.807, 2.05) is 51.1 Å². The highest BCUT2D eigenvalue weighted by Gasteiger charge is 2.14. The summed E-state index contributed by atoms with van der Waals surface area (Å²) in [6.07, 6.45) is 0. The Labute approximate surface area is 150 Å². The first kappa shape index (κ1) is 17.3. The van der Waals surface area contributed by atoms with E-state index in [1.165, 1.54) is 17.3 Å². The van der Waals surface area contributed by atoms with Gasteiger partial charge in [0.05, 0.1) is 5.75 Å². The van der Waals surface area contributed by atoms with Crippen LogP contribution < -0.4 is 4.74 Å². The number of nitrogens with one attached hydrogen (secondary N) is 1. The van der Waals surface area contributed by atoms with Gasteiger partial charge in [0.1, 0.15) is 5.75 Å². The molecule has 0 radical (unpaired) electrons. The van der Waals surface area contributed by atoms with Crippen LogP contribution in [0.2, 0.25) is 0 Å². The molecule has 2 aromatic heterocycles. The first-order chi connectivity index (χ1) is 12.0.